The van der Waals surface area contributed by atoms with E-state index in [9.17, 15) is 8.78 Å². The molecule has 1 aromatic heterocycles. The zero-order valence-electron chi connectivity index (χ0n) is 8.96. The second-order valence-corrected chi connectivity index (χ2v) is 3.99. The monoisotopic (exact) mass is 236 g/mol. The van der Waals surface area contributed by atoms with Crippen molar-refractivity contribution >= 4 is 0 Å². The van der Waals surface area contributed by atoms with Crippen LogP contribution in [0.5, 0.6) is 0 Å². The fourth-order valence-electron chi connectivity index (χ4n) is 2.03. The quantitative estimate of drug-likeness (QED) is 0.825. The van der Waals surface area contributed by atoms with E-state index in [4.69, 9.17) is 4.52 Å². The summed E-state index contributed by atoms with van der Waals surface area (Å²) in [5.41, 5.74) is 1.97. The summed E-state index contributed by atoms with van der Waals surface area (Å²) >= 11 is 0. The van der Waals surface area contributed by atoms with Gasteiger partial charge in [0.25, 0.3) is 0 Å². The van der Waals surface area contributed by atoms with Crippen molar-refractivity contribution < 1.29 is 13.3 Å². The van der Waals surface area contributed by atoms with Gasteiger partial charge in [0.2, 0.25) is 0 Å². The Kier molecular flexibility index (Phi) is 2.40. The number of benzene rings is 1. The molecule has 0 spiro atoms. The predicted octanol–water partition coefficient (Wildman–Crippen LogP) is 2.27. The average molecular weight is 236 g/mol. The van der Waals surface area contributed by atoms with Gasteiger partial charge in [-0.1, -0.05) is 5.16 Å². The van der Waals surface area contributed by atoms with Crippen LogP contribution in [0.4, 0.5) is 8.78 Å². The Balaban J connectivity index is 2.12. The molecule has 0 amide bonds. The van der Waals surface area contributed by atoms with Crippen molar-refractivity contribution in [3.63, 3.8) is 0 Å². The van der Waals surface area contributed by atoms with E-state index < -0.39 is 11.6 Å². The first-order chi connectivity index (χ1) is 8.25. The van der Waals surface area contributed by atoms with Crippen LogP contribution in [0.25, 0.3) is 11.3 Å². The fourth-order valence-corrected chi connectivity index (χ4v) is 2.03. The number of aromatic nitrogens is 1. The highest BCUT2D eigenvalue weighted by molar-refractivity contribution is 5.63. The number of fused-ring (bicyclic) bond motifs is 1. The lowest BCUT2D eigenvalue weighted by molar-refractivity contribution is 0.421. The molecule has 3 nitrogen and oxygen atoms in total. The molecule has 0 saturated carbocycles. The number of nitrogens with one attached hydrogen (secondary N) is 1. The Labute approximate surface area is 96.4 Å². The third kappa shape index (κ3) is 1.72. The number of halogens is 2. The van der Waals surface area contributed by atoms with Crippen LogP contribution in [0, 0.1) is 11.6 Å². The zero-order chi connectivity index (χ0) is 11.8. The van der Waals surface area contributed by atoms with Gasteiger partial charge in [0.05, 0.1) is 11.3 Å². The molecular formula is C12H10F2N2O. The summed E-state index contributed by atoms with van der Waals surface area (Å²) in [5.74, 6) is -0.836. The summed E-state index contributed by atoms with van der Waals surface area (Å²) in [6.45, 7) is 1.44. The van der Waals surface area contributed by atoms with Crippen molar-refractivity contribution in [2.75, 3.05) is 6.54 Å². The maximum atomic E-state index is 13.6. The average Bonchev–Trinajstić information content (AvgIpc) is 2.73. The van der Waals surface area contributed by atoms with E-state index in [1.807, 2.05) is 0 Å². The van der Waals surface area contributed by atoms with Crippen LogP contribution in [0.2, 0.25) is 0 Å². The third-order valence-corrected chi connectivity index (χ3v) is 2.89. The van der Waals surface area contributed by atoms with Crippen LogP contribution >= 0.6 is 0 Å². The largest absolute Gasteiger partial charge is 0.356 e. The van der Waals surface area contributed by atoms with Crippen LogP contribution in [0.15, 0.2) is 22.7 Å². The van der Waals surface area contributed by atoms with E-state index >= 15 is 0 Å². The lowest BCUT2D eigenvalue weighted by Gasteiger charge is -2.11. The lowest BCUT2D eigenvalue weighted by atomic mass is 10.0. The van der Waals surface area contributed by atoms with Gasteiger partial charge in [0, 0.05) is 31.1 Å². The summed E-state index contributed by atoms with van der Waals surface area (Å²) in [5, 5.41) is 7.09. The molecule has 0 saturated heterocycles. The summed E-state index contributed by atoms with van der Waals surface area (Å²) in [6.07, 6.45) is 0.766. The molecule has 3 rings (SSSR count). The SMILES string of the molecule is Fc1ccc(-c2onc3c2CNCC3)c(F)c1. The number of nitrogens with zero attached hydrogens (tertiary/aromatic N) is 1. The molecule has 0 fully saturated rings. The van der Waals surface area contributed by atoms with Crippen molar-refractivity contribution in [1.29, 1.82) is 0 Å². The Morgan fingerprint density at radius 2 is 2.18 bits per heavy atom. The van der Waals surface area contributed by atoms with Gasteiger partial charge in [0.1, 0.15) is 11.6 Å². The fraction of sp³-hybridized carbons (Fsp3) is 0.250. The minimum absolute atomic E-state index is 0.254. The maximum absolute atomic E-state index is 13.6. The van der Waals surface area contributed by atoms with Crippen molar-refractivity contribution in [2.45, 2.75) is 13.0 Å². The minimum atomic E-state index is -0.630. The van der Waals surface area contributed by atoms with Gasteiger partial charge < -0.3 is 9.84 Å². The second-order valence-electron chi connectivity index (χ2n) is 3.99. The topological polar surface area (TPSA) is 38.1 Å². The molecule has 1 aliphatic heterocycles. The molecule has 0 bridgehead atoms. The summed E-state index contributed by atoms with van der Waals surface area (Å²) in [7, 11) is 0. The van der Waals surface area contributed by atoms with Crippen molar-refractivity contribution in [2.24, 2.45) is 0 Å². The van der Waals surface area contributed by atoms with Crippen LogP contribution in [0.1, 0.15) is 11.3 Å². The van der Waals surface area contributed by atoms with Gasteiger partial charge in [-0.15, -0.1) is 0 Å². The van der Waals surface area contributed by atoms with Crippen LogP contribution in [-0.2, 0) is 13.0 Å². The Morgan fingerprint density at radius 3 is 3.00 bits per heavy atom. The highest BCUT2D eigenvalue weighted by Gasteiger charge is 2.22. The molecular weight excluding hydrogens is 226 g/mol. The first kappa shape index (κ1) is 10.4. The van der Waals surface area contributed by atoms with Gasteiger partial charge in [-0.3, -0.25) is 0 Å². The molecule has 5 heteroatoms. The smallest absolute Gasteiger partial charge is 0.174 e. The molecule has 0 radical (unpaired) electrons. The number of hydrogen-bond acceptors (Lipinski definition) is 3. The van der Waals surface area contributed by atoms with Crippen molar-refractivity contribution in [3.05, 3.63) is 41.1 Å². The molecule has 17 heavy (non-hydrogen) atoms. The Morgan fingerprint density at radius 1 is 1.29 bits per heavy atom. The van der Waals surface area contributed by atoms with E-state index in [1.165, 1.54) is 12.1 Å². The zero-order valence-corrected chi connectivity index (χ0v) is 8.96. The molecule has 0 aliphatic carbocycles. The Bertz CT molecular complexity index is 566. The third-order valence-electron chi connectivity index (χ3n) is 2.89. The van der Waals surface area contributed by atoms with Crippen LogP contribution in [0.3, 0.4) is 0 Å². The van der Waals surface area contributed by atoms with Gasteiger partial charge in [-0.05, 0) is 12.1 Å². The summed E-state index contributed by atoms with van der Waals surface area (Å²) in [4.78, 5) is 0. The van der Waals surface area contributed by atoms with Crippen molar-refractivity contribution in [1.82, 2.24) is 10.5 Å². The van der Waals surface area contributed by atoms with E-state index in [0.29, 0.717) is 12.3 Å². The van der Waals surface area contributed by atoms with E-state index in [1.54, 1.807) is 0 Å². The molecule has 1 aliphatic rings. The molecule has 0 atom stereocenters. The van der Waals surface area contributed by atoms with E-state index in [-0.39, 0.29) is 5.56 Å². The molecule has 1 aromatic carbocycles. The molecule has 88 valence electrons. The minimum Gasteiger partial charge on any atom is -0.356 e. The van der Waals surface area contributed by atoms with Gasteiger partial charge in [-0.2, -0.15) is 0 Å². The maximum Gasteiger partial charge on any atom is 0.174 e. The van der Waals surface area contributed by atoms with Crippen LogP contribution in [-0.4, -0.2) is 11.7 Å². The van der Waals surface area contributed by atoms with Gasteiger partial charge >= 0.3 is 0 Å². The Hall–Kier alpha value is -1.75. The highest BCUT2D eigenvalue weighted by atomic mass is 19.1. The lowest BCUT2D eigenvalue weighted by Crippen LogP contribution is -2.23. The first-order valence-corrected chi connectivity index (χ1v) is 5.39. The highest BCUT2D eigenvalue weighted by Crippen LogP contribution is 2.30. The summed E-state index contributed by atoms with van der Waals surface area (Å²) < 4.78 is 31.6. The van der Waals surface area contributed by atoms with E-state index in [0.717, 1.165) is 30.3 Å². The second kappa shape index (κ2) is 3.92. The summed E-state index contributed by atoms with van der Waals surface area (Å²) in [6, 6.07) is 3.43. The predicted molar refractivity (Wildman–Crippen MR) is 57.3 cm³/mol. The standard InChI is InChI=1S/C12H10F2N2O/c13-7-1-2-8(10(14)5-7)12-9-6-15-4-3-11(9)16-17-12/h1-2,5,15H,3-4,6H2. The molecule has 2 aromatic rings. The molecule has 1 N–H and O–H groups in total. The van der Waals surface area contributed by atoms with Gasteiger partial charge in [-0.25, -0.2) is 8.78 Å². The normalized spacial score (nSPS) is 14.7. The number of rotatable bonds is 1. The van der Waals surface area contributed by atoms with Gasteiger partial charge in [0.15, 0.2) is 5.76 Å². The number of hydrogen-bond donors (Lipinski definition) is 1. The van der Waals surface area contributed by atoms with Crippen molar-refractivity contribution in [3.8, 4) is 11.3 Å². The first-order valence-electron chi connectivity index (χ1n) is 5.39. The van der Waals surface area contributed by atoms with Crippen LogP contribution < -0.4 is 5.32 Å². The van der Waals surface area contributed by atoms with E-state index in [2.05, 4.69) is 10.5 Å². The molecule has 0 unspecified atom stereocenters. The molecule has 2 heterocycles.